The molecular weight excluding hydrogens is 392 g/mol. The Morgan fingerprint density at radius 2 is 1.79 bits per heavy atom. The van der Waals surface area contributed by atoms with Crippen LogP contribution in [0.2, 0.25) is 0 Å². The summed E-state index contributed by atoms with van der Waals surface area (Å²) >= 11 is 0. The third-order valence-electron chi connectivity index (χ3n) is 4.62. The van der Waals surface area contributed by atoms with Crippen molar-refractivity contribution in [2.24, 2.45) is 0 Å². The molecule has 0 saturated carbocycles. The summed E-state index contributed by atoms with van der Waals surface area (Å²) in [5.41, 5.74) is 2.87. The van der Waals surface area contributed by atoms with E-state index in [0.29, 0.717) is 5.69 Å². The number of rotatable bonds is 9. The predicted molar refractivity (Wildman–Crippen MR) is 112 cm³/mol. The van der Waals surface area contributed by atoms with Crippen LogP contribution >= 0.6 is 0 Å². The molecule has 2 aromatic carbocycles. The zero-order valence-corrected chi connectivity index (χ0v) is 17.9. The van der Waals surface area contributed by atoms with Gasteiger partial charge in [0.1, 0.15) is 0 Å². The van der Waals surface area contributed by atoms with Crippen molar-refractivity contribution in [1.29, 1.82) is 0 Å². The Hall–Kier alpha value is -2.55. The fraction of sp³-hybridized carbons (Fsp3) is 0.333. The Labute approximate surface area is 171 Å². The average molecular weight is 419 g/mol. The summed E-state index contributed by atoms with van der Waals surface area (Å²) in [7, 11) is -2.54. The molecule has 29 heavy (non-hydrogen) atoms. The van der Waals surface area contributed by atoms with Crippen molar-refractivity contribution in [2.45, 2.75) is 25.7 Å². The molecule has 0 atom stereocenters. The first-order valence-corrected chi connectivity index (χ1v) is 10.6. The minimum Gasteiger partial charge on any atom is -0.383 e. The first-order chi connectivity index (χ1) is 13.7. The van der Waals surface area contributed by atoms with E-state index < -0.39 is 15.9 Å². The van der Waals surface area contributed by atoms with E-state index >= 15 is 0 Å². The maximum Gasteiger partial charge on any atom is 0.243 e. The molecule has 0 fully saturated rings. The average Bonchev–Trinajstić information content (AvgIpc) is 2.68. The summed E-state index contributed by atoms with van der Waals surface area (Å²) in [6, 6.07) is 11.3. The first-order valence-electron chi connectivity index (χ1n) is 9.13. The second-order valence-electron chi connectivity index (χ2n) is 6.71. The van der Waals surface area contributed by atoms with Gasteiger partial charge in [-0.1, -0.05) is 24.3 Å². The number of carbonyl (C=O) groups excluding carboxylic acids is 2. The molecular formula is C21H26N2O5S. The summed E-state index contributed by atoms with van der Waals surface area (Å²) in [6.45, 7) is 4.95. The van der Waals surface area contributed by atoms with Gasteiger partial charge in [-0.3, -0.25) is 9.59 Å². The highest BCUT2D eigenvalue weighted by Gasteiger charge is 2.27. The molecule has 0 spiro atoms. The third kappa shape index (κ3) is 5.72. The van der Waals surface area contributed by atoms with Gasteiger partial charge < -0.3 is 10.1 Å². The minimum atomic E-state index is -3.99. The van der Waals surface area contributed by atoms with E-state index in [1.165, 1.54) is 32.2 Å². The molecule has 2 aromatic rings. The van der Waals surface area contributed by atoms with Crippen molar-refractivity contribution in [2.75, 3.05) is 32.1 Å². The topological polar surface area (TPSA) is 92.8 Å². The van der Waals surface area contributed by atoms with Crippen LogP contribution in [0, 0.1) is 13.8 Å². The minimum absolute atomic E-state index is 0.00333. The number of hydrogen-bond donors (Lipinski definition) is 1. The molecule has 1 amide bonds. The SMILES string of the molecule is COCCN(CC(=O)Nc1cccc(C)c1C)S(=O)(=O)c1cccc(C(C)=O)c1. The van der Waals surface area contributed by atoms with E-state index in [1.54, 1.807) is 12.1 Å². The number of amides is 1. The van der Waals surface area contributed by atoms with Gasteiger partial charge in [0.2, 0.25) is 15.9 Å². The molecule has 0 saturated heterocycles. The number of methoxy groups -OCH3 is 1. The van der Waals surface area contributed by atoms with Crippen molar-refractivity contribution in [1.82, 2.24) is 4.31 Å². The predicted octanol–water partition coefficient (Wildman–Crippen LogP) is 2.78. The van der Waals surface area contributed by atoms with Gasteiger partial charge in [0, 0.05) is 24.9 Å². The van der Waals surface area contributed by atoms with Crippen LogP contribution < -0.4 is 5.32 Å². The van der Waals surface area contributed by atoms with Crippen LogP contribution in [-0.4, -0.2) is 51.2 Å². The molecule has 0 unspecified atom stereocenters. The maximum absolute atomic E-state index is 13.1. The van der Waals surface area contributed by atoms with E-state index in [4.69, 9.17) is 4.74 Å². The van der Waals surface area contributed by atoms with Gasteiger partial charge in [-0.05, 0) is 50.1 Å². The molecule has 0 aliphatic carbocycles. The Bertz CT molecular complexity index is 1000. The standard InChI is InChI=1S/C21H26N2O5S/c1-15-7-5-10-20(16(15)2)22-21(25)14-23(11-12-28-4)29(26,27)19-9-6-8-18(13-19)17(3)24/h5-10,13H,11-12,14H2,1-4H3,(H,22,25). The molecule has 8 heteroatoms. The summed E-state index contributed by atoms with van der Waals surface area (Å²) in [6.07, 6.45) is 0. The molecule has 0 aliphatic heterocycles. The van der Waals surface area contributed by atoms with Crippen molar-refractivity contribution < 1.29 is 22.7 Å². The van der Waals surface area contributed by atoms with Crippen molar-refractivity contribution in [3.05, 3.63) is 59.2 Å². The van der Waals surface area contributed by atoms with Crippen LogP contribution in [-0.2, 0) is 19.6 Å². The summed E-state index contributed by atoms with van der Waals surface area (Å²) in [5.74, 6) is -0.695. The number of ether oxygens (including phenoxy) is 1. The number of benzene rings is 2. The van der Waals surface area contributed by atoms with Gasteiger partial charge in [0.15, 0.2) is 5.78 Å². The molecule has 0 aromatic heterocycles. The maximum atomic E-state index is 13.1. The van der Waals surface area contributed by atoms with Gasteiger partial charge in [-0.25, -0.2) is 8.42 Å². The van der Waals surface area contributed by atoms with Gasteiger partial charge in [0.25, 0.3) is 0 Å². The number of ketones is 1. The van der Waals surface area contributed by atoms with Crippen LogP contribution in [0.1, 0.15) is 28.4 Å². The van der Waals surface area contributed by atoms with Crippen molar-refractivity contribution >= 4 is 27.4 Å². The van der Waals surface area contributed by atoms with E-state index in [-0.39, 0.29) is 35.9 Å². The van der Waals surface area contributed by atoms with E-state index in [9.17, 15) is 18.0 Å². The van der Waals surface area contributed by atoms with Crippen LogP contribution in [0.3, 0.4) is 0 Å². The van der Waals surface area contributed by atoms with Crippen molar-refractivity contribution in [3.8, 4) is 0 Å². The van der Waals surface area contributed by atoms with Gasteiger partial charge in [-0.2, -0.15) is 4.31 Å². The van der Waals surface area contributed by atoms with Crippen LogP contribution in [0.15, 0.2) is 47.4 Å². The Kier molecular flexibility index (Phi) is 7.66. The van der Waals surface area contributed by atoms with E-state index in [2.05, 4.69) is 5.32 Å². The summed E-state index contributed by atoms with van der Waals surface area (Å²) in [4.78, 5) is 24.2. The smallest absolute Gasteiger partial charge is 0.243 e. The number of anilines is 1. The molecule has 0 heterocycles. The monoisotopic (exact) mass is 418 g/mol. The van der Waals surface area contributed by atoms with Crippen LogP contribution in [0.5, 0.6) is 0 Å². The molecule has 156 valence electrons. The lowest BCUT2D eigenvalue weighted by atomic mass is 10.1. The lowest BCUT2D eigenvalue weighted by Crippen LogP contribution is -2.40. The highest BCUT2D eigenvalue weighted by molar-refractivity contribution is 7.89. The Morgan fingerprint density at radius 1 is 1.10 bits per heavy atom. The van der Waals surface area contributed by atoms with Crippen molar-refractivity contribution in [3.63, 3.8) is 0 Å². The largest absolute Gasteiger partial charge is 0.383 e. The lowest BCUT2D eigenvalue weighted by Gasteiger charge is -2.22. The Morgan fingerprint density at radius 3 is 2.45 bits per heavy atom. The number of carbonyl (C=O) groups is 2. The van der Waals surface area contributed by atoms with Gasteiger partial charge in [-0.15, -0.1) is 0 Å². The second kappa shape index (κ2) is 9.78. The van der Waals surface area contributed by atoms with Gasteiger partial charge in [0.05, 0.1) is 18.0 Å². The van der Waals surface area contributed by atoms with Gasteiger partial charge >= 0.3 is 0 Å². The fourth-order valence-electron chi connectivity index (χ4n) is 2.74. The third-order valence-corrected chi connectivity index (χ3v) is 6.46. The molecule has 0 radical (unpaired) electrons. The first kappa shape index (κ1) is 22.7. The van der Waals surface area contributed by atoms with Crippen LogP contribution in [0.25, 0.3) is 0 Å². The number of hydrogen-bond acceptors (Lipinski definition) is 5. The molecule has 7 nitrogen and oxygen atoms in total. The zero-order valence-electron chi connectivity index (χ0n) is 17.1. The lowest BCUT2D eigenvalue weighted by molar-refractivity contribution is -0.116. The van der Waals surface area contributed by atoms with E-state index in [1.807, 2.05) is 26.0 Å². The molecule has 0 aliphatic rings. The molecule has 0 bridgehead atoms. The highest BCUT2D eigenvalue weighted by Crippen LogP contribution is 2.20. The number of aryl methyl sites for hydroxylation is 1. The number of nitrogens with one attached hydrogen (secondary N) is 1. The zero-order chi connectivity index (χ0) is 21.6. The number of nitrogens with zero attached hydrogens (tertiary/aromatic N) is 1. The summed E-state index contributed by atoms with van der Waals surface area (Å²) in [5, 5.41) is 2.77. The molecule has 2 rings (SSSR count). The molecule has 1 N–H and O–H groups in total. The summed E-state index contributed by atoms with van der Waals surface area (Å²) < 4.78 is 32.3. The second-order valence-corrected chi connectivity index (χ2v) is 8.65. The van der Waals surface area contributed by atoms with E-state index in [0.717, 1.165) is 15.4 Å². The number of Topliss-reactive ketones (excluding diaryl/α,β-unsaturated/α-hetero) is 1. The fourth-order valence-corrected chi connectivity index (χ4v) is 4.17. The number of sulfonamides is 1. The van der Waals surface area contributed by atoms with Crippen LogP contribution in [0.4, 0.5) is 5.69 Å². The quantitative estimate of drug-likeness (QED) is 0.632. The highest BCUT2D eigenvalue weighted by atomic mass is 32.2. The Balaban J connectivity index is 2.28. The normalized spacial score (nSPS) is 11.5.